The largest absolute Gasteiger partial charge is 0.490 e. The number of hydrogen-bond donors (Lipinski definition) is 1. The van der Waals surface area contributed by atoms with Gasteiger partial charge in [0.1, 0.15) is 10.7 Å². The molecule has 37 heavy (non-hydrogen) atoms. The van der Waals surface area contributed by atoms with E-state index in [1.807, 2.05) is 11.8 Å². The summed E-state index contributed by atoms with van der Waals surface area (Å²) in [6, 6.07) is 5.54. The molecule has 1 amide bonds. The monoisotopic (exact) mass is 551 g/mol. The number of alkyl halides is 3. The number of halogens is 4. The molecule has 13 heteroatoms. The molecule has 0 saturated carbocycles. The smallest absolute Gasteiger partial charge is 0.475 e. The first-order valence-electron chi connectivity index (χ1n) is 12.2. The summed E-state index contributed by atoms with van der Waals surface area (Å²) in [5.74, 6) is -2.46. The van der Waals surface area contributed by atoms with Gasteiger partial charge < -0.3 is 14.9 Å². The summed E-state index contributed by atoms with van der Waals surface area (Å²) in [4.78, 5) is 26.2. The van der Waals surface area contributed by atoms with Crippen LogP contribution in [0.1, 0.15) is 33.6 Å². The number of benzene rings is 1. The number of nitrogens with zero attached hydrogens (tertiary/aromatic N) is 3. The van der Waals surface area contributed by atoms with Crippen LogP contribution in [0, 0.1) is 23.6 Å². The van der Waals surface area contributed by atoms with Crippen LogP contribution in [-0.2, 0) is 19.6 Å². The molecular formula is C24H33F4N3O5S. The first kappa shape index (κ1) is 29.3. The summed E-state index contributed by atoms with van der Waals surface area (Å²) in [5.41, 5.74) is -0.288. The SMILES string of the molecule is CCN1C(=O)[C@H]2CN(CC(C)C)C[C@H]2C12CCN(S(=O)(=O)c1ccccc1F)CC2.O=C(O)C(F)(F)F. The lowest BCUT2D eigenvalue weighted by Gasteiger charge is -2.47. The van der Waals surface area contributed by atoms with E-state index in [1.54, 1.807) is 6.07 Å². The highest BCUT2D eigenvalue weighted by Crippen LogP contribution is 2.50. The summed E-state index contributed by atoms with van der Waals surface area (Å²) in [7, 11) is -3.88. The van der Waals surface area contributed by atoms with Crippen molar-refractivity contribution in [1.82, 2.24) is 14.1 Å². The van der Waals surface area contributed by atoms with E-state index in [0.29, 0.717) is 38.4 Å². The third-order valence-electron chi connectivity index (χ3n) is 7.43. The fourth-order valence-corrected chi connectivity index (χ4v) is 7.49. The molecule has 4 rings (SSSR count). The molecule has 0 aliphatic carbocycles. The number of carboxylic acid groups (broad SMARTS) is 1. The topological polar surface area (TPSA) is 98.2 Å². The van der Waals surface area contributed by atoms with E-state index >= 15 is 0 Å². The number of hydrogen-bond acceptors (Lipinski definition) is 5. The van der Waals surface area contributed by atoms with Crippen molar-refractivity contribution in [3.05, 3.63) is 30.1 Å². The Hall–Kier alpha value is -2.25. The molecule has 0 bridgehead atoms. The Morgan fingerprint density at radius 1 is 1.16 bits per heavy atom. The molecular weight excluding hydrogens is 518 g/mol. The van der Waals surface area contributed by atoms with Crippen LogP contribution in [0.3, 0.4) is 0 Å². The quantitative estimate of drug-likeness (QED) is 0.565. The van der Waals surface area contributed by atoms with Crippen molar-refractivity contribution in [3.8, 4) is 0 Å². The molecule has 0 radical (unpaired) electrons. The number of aliphatic carboxylic acids is 1. The van der Waals surface area contributed by atoms with Crippen molar-refractivity contribution in [2.24, 2.45) is 17.8 Å². The zero-order valence-corrected chi connectivity index (χ0v) is 21.9. The number of amides is 1. The van der Waals surface area contributed by atoms with Gasteiger partial charge in [-0.05, 0) is 37.8 Å². The van der Waals surface area contributed by atoms with Gasteiger partial charge in [-0.15, -0.1) is 0 Å². The van der Waals surface area contributed by atoms with Gasteiger partial charge in [-0.2, -0.15) is 17.5 Å². The van der Waals surface area contributed by atoms with Crippen LogP contribution in [0.5, 0.6) is 0 Å². The molecule has 3 aliphatic rings. The van der Waals surface area contributed by atoms with Crippen LogP contribution in [-0.4, -0.2) is 90.5 Å². The van der Waals surface area contributed by atoms with E-state index in [0.717, 1.165) is 19.6 Å². The Morgan fingerprint density at radius 2 is 1.73 bits per heavy atom. The van der Waals surface area contributed by atoms with Gasteiger partial charge in [0.05, 0.1) is 11.5 Å². The standard InChI is InChI=1S/C22H32FN3O3S.C2HF3O2/c1-4-26-21(27)17-14-24(13-16(2)3)15-18(17)22(26)9-11-25(12-10-22)30(28,29)20-8-6-5-7-19(20)23;3-2(4,5)1(6)7/h5-8,16-18H,4,9-15H2,1-3H3;(H,6,7)/t17-,18+;/m0./s1. The third kappa shape index (κ3) is 5.78. The molecule has 3 heterocycles. The zero-order chi connectivity index (χ0) is 27.8. The molecule has 1 N–H and O–H groups in total. The average molecular weight is 552 g/mol. The lowest BCUT2D eigenvalue weighted by Crippen LogP contribution is -2.57. The Morgan fingerprint density at radius 3 is 2.22 bits per heavy atom. The third-order valence-corrected chi connectivity index (χ3v) is 9.36. The Balaban J connectivity index is 0.000000479. The van der Waals surface area contributed by atoms with Crippen molar-refractivity contribution in [1.29, 1.82) is 0 Å². The van der Waals surface area contributed by atoms with Gasteiger partial charge in [-0.3, -0.25) is 4.79 Å². The second kappa shape index (κ2) is 10.9. The van der Waals surface area contributed by atoms with Crippen LogP contribution in [0.15, 0.2) is 29.2 Å². The van der Waals surface area contributed by atoms with E-state index in [1.165, 1.54) is 22.5 Å². The second-order valence-corrected chi connectivity index (χ2v) is 12.1. The summed E-state index contributed by atoms with van der Waals surface area (Å²) in [6.45, 7) is 10.3. The minimum atomic E-state index is -5.08. The maximum Gasteiger partial charge on any atom is 0.490 e. The highest BCUT2D eigenvalue weighted by molar-refractivity contribution is 7.89. The average Bonchev–Trinajstić information content (AvgIpc) is 3.30. The number of carbonyl (C=O) groups excluding carboxylic acids is 1. The van der Waals surface area contributed by atoms with Gasteiger partial charge in [-0.25, -0.2) is 17.6 Å². The van der Waals surface area contributed by atoms with Gasteiger partial charge >= 0.3 is 12.1 Å². The molecule has 3 fully saturated rings. The van der Waals surface area contributed by atoms with Gasteiger partial charge in [0.15, 0.2) is 0 Å². The maximum absolute atomic E-state index is 14.2. The maximum atomic E-state index is 14.2. The molecule has 1 spiro atoms. The Bertz CT molecular complexity index is 1100. The predicted octanol–water partition coefficient (Wildman–Crippen LogP) is 3.05. The predicted molar refractivity (Wildman–Crippen MR) is 126 cm³/mol. The fraction of sp³-hybridized carbons (Fsp3) is 0.667. The van der Waals surface area contributed by atoms with Crippen molar-refractivity contribution >= 4 is 21.9 Å². The number of likely N-dealkylation sites (tertiary alicyclic amines) is 2. The number of sulfonamides is 1. The minimum Gasteiger partial charge on any atom is -0.475 e. The zero-order valence-electron chi connectivity index (χ0n) is 21.0. The van der Waals surface area contributed by atoms with Crippen molar-refractivity contribution in [2.75, 3.05) is 39.3 Å². The Labute approximate surface area is 214 Å². The summed E-state index contributed by atoms with van der Waals surface area (Å²) < 4.78 is 73.3. The summed E-state index contributed by atoms with van der Waals surface area (Å²) >= 11 is 0. The minimum absolute atomic E-state index is 0.0124. The molecule has 8 nitrogen and oxygen atoms in total. The normalized spacial score (nSPS) is 24.3. The van der Waals surface area contributed by atoms with Gasteiger partial charge in [0, 0.05) is 45.2 Å². The van der Waals surface area contributed by atoms with Crippen LogP contribution in [0.4, 0.5) is 17.6 Å². The van der Waals surface area contributed by atoms with Crippen molar-refractivity contribution in [3.63, 3.8) is 0 Å². The summed E-state index contributed by atoms with van der Waals surface area (Å²) in [6.07, 6.45) is -3.87. The van der Waals surface area contributed by atoms with E-state index in [4.69, 9.17) is 9.90 Å². The van der Waals surface area contributed by atoms with Crippen molar-refractivity contribution in [2.45, 2.75) is 50.2 Å². The second-order valence-electron chi connectivity index (χ2n) is 10.1. The first-order valence-corrected chi connectivity index (χ1v) is 13.7. The van der Waals surface area contributed by atoms with E-state index in [9.17, 15) is 30.8 Å². The number of rotatable bonds is 5. The van der Waals surface area contributed by atoms with Crippen LogP contribution < -0.4 is 0 Å². The van der Waals surface area contributed by atoms with Gasteiger partial charge in [0.25, 0.3) is 0 Å². The van der Waals surface area contributed by atoms with E-state index < -0.39 is 28.0 Å². The molecule has 3 saturated heterocycles. The molecule has 0 aromatic heterocycles. The lowest BCUT2D eigenvalue weighted by molar-refractivity contribution is -0.192. The van der Waals surface area contributed by atoms with E-state index in [2.05, 4.69) is 18.7 Å². The molecule has 1 aromatic rings. The van der Waals surface area contributed by atoms with Crippen LogP contribution in [0.25, 0.3) is 0 Å². The molecule has 0 unspecified atom stereocenters. The number of fused-ring (bicyclic) bond motifs is 2. The number of carbonyl (C=O) groups is 2. The highest BCUT2D eigenvalue weighted by Gasteiger charge is 2.61. The van der Waals surface area contributed by atoms with Crippen molar-refractivity contribution < 1.29 is 40.7 Å². The number of piperidine rings is 1. The first-order chi connectivity index (χ1) is 17.1. The lowest BCUT2D eigenvalue weighted by atomic mass is 9.75. The highest BCUT2D eigenvalue weighted by atomic mass is 32.2. The molecule has 3 aliphatic heterocycles. The molecule has 1 aromatic carbocycles. The molecule has 208 valence electrons. The van der Waals surface area contributed by atoms with Gasteiger partial charge in [-0.1, -0.05) is 26.0 Å². The van der Waals surface area contributed by atoms with Gasteiger partial charge in [0.2, 0.25) is 15.9 Å². The van der Waals surface area contributed by atoms with Crippen LogP contribution in [0.2, 0.25) is 0 Å². The summed E-state index contributed by atoms with van der Waals surface area (Å²) in [5, 5.41) is 7.12. The fourth-order valence-electron chi connectivity index (χ4n) is 5.98. The Kier molecular flexibility index (Phi) is 8.60. The van der Waals surface area contributed by atoms with E-state index in [-0.39, 0.29) is 28.2 Å². The number of carboxylic acids is 1. The van der Waals surface area contributed by atoms with Crippen LogP contribution >= 0.6 is 0 Å². The molecule has 2 atom stereocenters.